The Labute approximate surface area is 80.2 Å². The van der Waals surface area contributed by atoms with Crippen LogP contribution in [0.3, 0.4) is 0 Å². The van der Waals surface area contributed by atoms with Crippen molar-refractivity contribution in [1.82, 2.24) is 9.97 Å². The number of aliphatic hydroxyl groups excluding tert-OH is 1. The Hall–Kier alpha value is -1.00. The van der Waals surface area contributed by atoms with Crippen LogP contribution in [0.5, 0.6) is 0 Å². The first-order chi connectivity index (χ1) is 6.33. The quantitative estimate of drug-likeness (QED) is 0.716. The van der Waals surface area contributed by atoms with Crippen LogP contribution < -0.4 is 0 Å². The van der Waals surface area contributed by atoms with Gasteiger partial charge in [-0.3, -0.25) is 0 Å². The van der Waals surface area contributed by atoms with Crippen molar-refractivity contribution < 1.29 is 5.11 Å². The molecule has 0 spiro atoms. The van der Waals surface area contributed by atoms with Crippen molar-refractivity contribution >= 4 is 22.8 Å². The molecule has 0 atom stereocenters. The highest BCUT2D eigenvalue weighted by Crippen LogP contribution is 2.18. The van der Waals surface area contributed by atoms with Gasteiger partial charge in [0, 0.05) is 0 Å². The fourth-order valence-electron chi connectivity index (χ4n) is 1.22. The van der Waals surface area contributed by atoms with Gasteiger partial charge < -0.3 is 10.1 Å². The first kappa shape index (κ1) is 8.59. The van der Waals surface area contributed by atoms with Crippen molar-refractivity contribution in [2.75, 3.05) is 6.26 Å². The van der Waals surface area contributed by atoms with Crippen LogP contribution in [0.4, 0.5) is 0 Å². The molecule has 0 amide bonds. The maximum Gasteiger partial charge on any atom is 0.166 e. The van der Waals surface area contributed by atoms with Crippen molar-refractivity contribution in [2.45, 2.75) is 11.8 Å². The fourth-order valence-corrected chi connectivity index (χ4v) is 1.62. The van der Waals surface area contributed by atoms with E-state index in [1.54, 1.807) is 11.8 Å². The number of benzene rings is 1. The lowest BCUT2D eigenvalue weighted by molar-refractivity contribution is 0.282. The molecule has 1 aromatic carbocycles. The number of hydrogen-bond donors (Lipinski definition) is 2. The van der Waals surface area contributed by atoms with Gasteiger partial charge in [-0.05, 0) is 24.0 Å². The van der Waals surface area contributed by atoms with E-state index in [-0.39, 0.29) is 6.61 Å². The summed E-state index contributed by atoms with van der Waals surface area (Å²) in [5.74, 6) is 0. The predicted octanol–water partition coefficient (Wildman–Crippen LogP) is 1.78. The second-order valence-electron chi connectivity index (χ2n) is 2.76. The number of aromatic amines is 1. The van der Waals surface area contributed by atoms with Crippen molar-refractivity contribution in [2.24, 2.45) is 0 Å². The van der Waals surface area contributed by atoms with Crippen molar-refractivity contribution in [3.05, 3.63) is 23.8 Å². The molecule has 3 nitrogen and oxygen atoms in total. The van der Waals surface area contributed by atoms with Crippen LogP contribution in [-0.4, -0.2) is 21.3 Å². The zero-order valence-corrected chi connectivity index (χ0v) is 8.06. The van der Waals surface area contributed by atoms with Gasteiger partial charge in [-0.15, -0.1) is 0 Å². The molecule has 2 aromatic rings. The molecule has 0 unspecified atom stereocenters. The Morgan fingerprint density at radius 3 is 3.08 bits per heavy atom. The van der Waals surface area contributed by atoms with Crippen molar-refractivity contribution in [1.29, 1.82) is 0 Å². The van der Waals surface area contributed by atoms with Crippen LogP contribution in [0.1, 0.15) is 5.56 Å². The molecule has 2 rings (SSSR count). The number of rotatable bonds is 2. The number of imidazole rings is 1. The SMILES string of the molecule is CSc1nc2cc(CO)ccc2[nH]1. The lowest BCUT2D eigenvalue weighted by atomic mass is 10.2. The fraction of sp³-hybridized carbons (Fsp3) is 0.222. The van der Waals surface area contributed by atoms with E-state index in [0.717, 1.165) is 21.8 Å². The first-order valence-corrected chi connectivity index (χ1v) is 5.19. The van der Waals surface area contributed by atoms with E-state index in [9.17, 15) is 0 Å². The van der Waals surface area contributed by atoms with Crippen LogP contribution in [0, 0.1) is 0 Å². The summed E-state index contributed by atoms with van der Waals surface area (Å²) in [4.78, 5) is 7.50. The zero-order chi connectivity index (χ0) is 9.26. The second kappa shape index (κ2) is 3.40. The second-order valence-corrected chi connectivity index (χ2v) is 3.55. The van der Waals surface area contributed by atoms with Gasteiger partial charge in [0.15, 0.2) is 5.16 Å². The minimum absolute atomic E-state index is 0.0669. The van der Waals surface area contributed by atoms with Gasteiger partial charge in [-0.25, -0.2) is 4.98 Å². The van der Waals surface area contributed by atoms with Crippen LogP contribution in [0.25, 0.3) is 11.0 Å². The number of hydrogen-bond acceptors (Lipinski definition) is 3. The Kier molecular flexibility index (Phi) is 2.24. The standard InChI is InChI=1S/C9H10N2OS/c1-13-9-10-7-3-2-6(5-12)4-8(7)11-9/h2-4,12H,5H2,1H3,(H,10,11). The van der Waals surface area contributed by atoms with Crippen LogP contribution in [0.15, 0.2) is 23.4 Å². The molecule has 0 aliphatic carbocycles. The largest absolute Gasteiger partial charge is 0.392 e. The number of fused-ring (bicyclic) bond motifs is 1. The smallest absolute Gasteiger partial charge is 0.166 e. The van der Waals surface area contributed by atoms with E-state index >= 15 is 0 Å². The highest BCUT2D eigenvalue weighted by molar-refractivity contribution is 7.98. The van der Waals surface area contributed by atoms with Gasteiger partial charge in [0.2, 0.25) is 0 Å². The third-order valence-electron chi connectivity index (χ3n) is 1.90. The Balaban J connectivity index is 2.57. The van der Waals surface area contributed by atoms with Gasteiger partial charge in [0.05, 0.1) is 17.6 Å². The molecular weight excluding hydrogens is 184 g/mol. The highest BCUT2D eigenvalue weighted by Gasteiger charge is 2.01. The summed E-state index contributed by atoms with van der Waals surface area (Å²) >= 11 is 1.58. The summed E-state index contributed by atoms with van der Waals surface area (Å²) in [7, 11) is 0. The molecular formula is C9H10N2OS. The minimum atomic E-state index is 0.0669. The molecule has 0 aliphatic heterocycles. The first-order valence-electron chi connectivity index (χ1n) is 3.97. The molecule has 68 valence electrons. The number of nitrogens with zero attached hydrogens (tertiary/aromatic N) is 1. The highest BCUT2D eigenvalue weighted by atomic mass is 32.2. The monoisotopic (exact) mass is 194 g/mol. The van der Waals surface area contributed by atoms with Crippen molar-refractivity contribution in [3.63, 3.8) is 0 Å². The summed E-state index contributed by atoms with van der Waals surface area (Å²) in [6, 6.07) is 5.73. The topological polar surface area (TPSA) is 48.9 Å². The Morgan fingerprint density at radius 1 is 1.54 bits per heavy atom. The molecule has 0 bridgehead atoms. The van der Waals surface area contributed by atoms with Crippen LogP contribution in [-0.2, 0) is 6.61 Å². The summed E-state index contributed by atoms with van der Waals surface area (Å²) in [5.41, 5.74) is 2.82. The lowest BCUT2D eigenvalue weighted by Gasteiger charge is -1.93. The van der Waals surface area contributed by atoms with Crippen LogP contribution >= 0.6 is 11.8 Å². The van der Waals surface area contributed by atoms with E-state index in [4.69, 9.17) is 5.11 Å². The van der Waals surface area contributed by atoms with Gasteiger partial charge in [0.1, 0.15) is 0 Å². The molecule has 2 N–H and O–H groups in total. The predicted molar refractivity (Wildman–Crippen MR) is 53.8 cm³/mol. The normalized spacial score (nSPS) is 10.9. The zero-order valence-electron chi connectivity index (χ0n) is 7.24. The molecule has 0 fully saturated rings. The van der Waals surface area contributed by atoms with E-state index in [1.807, 2.05) is 24.5 Å². The van der Waals surface area contributed by atoms with E-state index < -0.39 is 0 Å². The summed E-state index contributed by atoms with van der Waals surface area (Å²) in [6.07, 6.45) is 1.98. The number of aliphatic hydroxyl groups is 1. The molecule has 13 heavy (non-hydrogen) atoms. The number of nitrogens with one attached hydrogen (secondary N) is 1. The van der Waals surface area contributed by atoms with E-state index in [1.165, 1.54) is 0 Å². The maximum absolute atomic E-state index is 8.92. The van der Waals surface area contributed by atoms with Crippen molar-refractivity contribution in [3.8, 4) is 0 Å². The summed E-state index contributed by atoms with van der Waals surface area (Å²) in [6.45, 7) is 0.0669. The molecule has 0 saturated carbocycles. The van der Waals surface area contributed by atoms with Crippen LogP contribution in [0.2, 0.25) is 0 Å². The van der Waals surface area contributed by atoms with Gasteiger partial charge in [-0.2, -0.15) is 0 Å². The Bertz CT molecular complexity index is 422. The molecule has 0 aliphatic rings. The minimum Gasteiger partial charge on any atom is -0.392 e. The molecule has 1 aromatic heterocycles. The summed E-state index contributed by atoms with van der Waals surface area (Å²) < 4.78 is 0. The van der Waals surface area contributed by atoms with Gasteiger partial charge >= 0.3 is 0 Å². The molecule has 1 heterocycles. The van der Waals surface area contributed by atoms with E-state index in [2.05, 4.69) is 9.97 Å². The summed E-state index contributed by atoms with van der Waals surface area (Å²) in [5, 5.41) is 9.83. The third kappa shape index (κ3) is 1.55. The number of H-pyrrole nitrogens is 1. The van der Waals surface area contributed by atoms with E-state index in [0.29, 0.717) is 0 Å². The average Bonchev–Trinajstić information content (AvgIpc) is 2.58. The van der Waals surface area contributed by atoms with Gasteiger partial charge in [0.25, 0.3) is 0 Å². The lowest BCUT2D eigenvalue weighted by Crippen LogP contribution is -1.81. The Morgan fingerprint density at radius 2 is 2.38 bits per heavy atom. The number of thioether (sulfide) groups is 1. The average molecular weight is 194 g/mol. The molecule has 4 heteroatoms. The maximum atomic E-state index is 8.92. The van der Waals surface area contributed by atoms with Gasteiger partial charge in [-0.1, -0.05) is 17.8 Å². The molecule has 0 saturated heterocycles. The number of aromatic nitrogens is 2. The third-order valence-corrected chi connectivity index (χ3v) is 2.48. The molecule has 0 radical (unpaired) electrons.